The zero-order valence-electron chi connectivity index (χ0n) is 14.1. The monoisotopic (exact) mass is 309 g/mol. The highest BCUT2D eigenvalue weighted by Crippen LogP contribution is 2.19. The average molecular weight is 309 g/mol. The number of hydrogen-bond acceptors (Lipinski definition) is 2. The number of carbonyl (C=O) groups excluding carboxylic acids is 1. The van der Waals surface area contributed by atoms with Crippen molar-refractivity contribution >= 4 is 17.7 Å². The zero-order chi connectivity index (χ0) is 16.9. The van der Waals surface area contributed by atoms with Crippen molar-refractivity contribution in [2.75, 3.05) is 12.4 Å². The number of benzene rings is 2. The summed E-state index contributed by atoms with van der Waals surface area (Å²) >= 11 is 0. The lowest BCUT2D eigenvalue weighted by Crippen LogP contribution is -2.11. The third kappa shape index (κ3) is 5.29. The molecule has 1 N–H and O–H groups in total. The molecule has 1 amide bonds. The summed E-state index contributed by atoms with van der Waals surface area (Å²) in [7, 11) is 1.60. The molecule has 0 heterocycles. The Balaban J connectivity index is 2.06. The van der Waals surface area contributed by atoms with Gasteiger partial charge < -0.3 is 10.1 Å². The van der Waals surface area contributed by atoms with Gasteiger partial charge in [0.15, 0.2) is 0 Å². The molecule has 0 aliphatic carbocycles. The maximum atomic E-state index is 12.3. The van der Waals surface area contributed by atoms with Gasteiger partial charge in [-0.2, -0.15) is 0 Å². The zero-order valence-corrected chi connectivity index (χ0v) is 14.1. The lowest BCUT2D eigenvalue weighted by atomic mass is 9.95. The number of allylic oxidation sites excluding steroid dienone is 1. The fraction of sp³-hybridized carbons (Fsp3) is 0.250. The van der Waals surface area contributed by atoms with E-state index in [4.69, 9.17) is 4.74 Å². The molecule has 0 fully saturated rings. The molecular formula is C20H23NO2. The molecule has 0 radical (unpaired) electrons. The van der Waals surface area contributed by atoms with Gasteiger partial charge >= 0.3 is 0 Å². The molecule has 3 heteroatoms. The predicted octanol–water partition coefficient (Wildman–Crippen LogP) is 5.01. The molecule has 0 aliphatic heterocycles. The van der Waals surface area contributed by atoms with Crippen molar-refractivity contribution in [3.8, 4) is 5.75 Å². The normalized spacial score (nSPS) is 11.5. The van der Waals surface area contributed by atoms with Crippen LogP contribution >= 0.6 is 0 Å². The van der Waals surface area contributed by atoms with Gasteiger partial charge in [-0.25, -0.2) is 0 Å². The fourth-order valence-electron chi connectivity index (χ4n) is 2.00. The predicted molar refractivity (Wildman–Crippen MR) is 95.9 cm³/mol. The minimum atomic E-state index is -0.135. The van der Waals surface area contributed by atoms with E-state index in [0.717, 1.165) is 5.56 Å². The van der Waals surface area contributed by atoms with Gasteiger partial charge in [0.1, 0.15) is 5.75 Å². The third-order valence-corrected chi connectivity index (χ3v) is 3.28. The lowest BCUT2D eigenvalue weighted by Gasteiger charge is -2.11. The van der Waals surface area contributed by atoms with Gasteiger partial charge in [0.05, 0.1) is 7.11 Å². The molecule has 2 rings (SSSR count). The molecule has 0 spiro atoms. The largest absolute Gasteiger partial charge is 0.497 e. The first-order chi connectivity index (χ1) is 10.9. The van der Waals surface area contributed by atoms with Gasteiger partial charge in [0.25, 0.3) is 5.91 Å². The molecule has 2 aromatic carbocycles. The minimum absolute atomic E-state index is 0.135. The Bertz CT molecular complexity index is 694. The van der Waals surface area contributed by atoms with Crippen molar-refractivity contribution in [2.24, 2.45) is 5.41 Å². The van der Waals surface area contributed by atoms with Crippen LogP contribution < -0.4 is 10.1 Å². The molecule has 0 saturated carbocycles. The van der Waals surface area contributed by atoms with E-state index in [1.54, 1.807) is 13.2 Å². The maximum absolute atomic E-state index is 12.3. The van der Waals surface area contributed by atoms with E-state index in [1.807, 2.05) is 42.5 Å². The van der Waals surface area contributed by atoms with E-state index >= 15 is 0 Å². The van der Waals surface area contributed by atoms with Crippen molar-refractivity contribution in [1.82, 2.24) is 0 Å². The lowest BCUT2D eigenvalue weighted by molar-refractivity contribution is 0.102. The molecule has 120 valence electrons. The Kier molecular flexibility index (Phi) is 5.22. The first kappa shape index (κ1) is 16.8. The van der Waals surface area contributed by atoms with Gasteiger partial charge in [-0.1, -0.05) is 51.1 Å². The van der Waals surface area contributed by atoms with Crippen LogP contribution in [0.3, 0.4) is 0 Å². The molecule has 2 aromatic rings. The SMILES string of the molecule is COc1cccc(NC(=O)c2ccc(C=CC(C)(C)C)cc2)c1. The summed E-state index contributed by atoms with van der Waals surface area (Å²) in [5, 5.41) is 2.87. The van der Waals surface area contributed by atoms with Crippen molar-refractivity contribution in [1.29, 1.82) is 0 Å². The van der Waals surface area contributed by atoms with Gasteiger partial charge in [0, 0.05) is 17.3 Å². The number of nitrogens with one attached hydrogen (secondary N) is 1. The summed E-state index contributed by atoms with van der Waals surface area (Å²) in [6.07, 6.45) is 4.22. The summed E-state index contributed by atoms with van der Waals surface area (Å²) in [6, 6.07) is 14.9. The molecule has 0 bridgehead atoms. The molecule has 23 heavy (non-hydrogen) atoms. The van der Waals surface area contributed by atoms with Crippen LogP contribution in [0.25, 0.3) is 6.08 Å². The summed E-state index contributed by atoms with van der Waals surface area (Å²) in [5.74, 6) is 0.579. The van der Waals surface area contributed by atoms with Gasteiger partial charge in [0.2, 0.25) is 0 Å². The molecule has 3 nitrogen and oxygen atoms in total. The van der Waals surface area contributed by atoms with Gasteiger partial charge in [-0.15, -0.1) is 0 Å². The Labute approximate surface area is 138 Å². The Morgan fingerprint density at radius 3 is 2.39 bits per heavy atom. The van der Waals surface area contributed by atoms with Gasteiger partial charge in [-0.05, 0) is 35.2 Å². The van der Waals surface area contributed by atoms with Crippen molar-refractivity contribution < 1.29 is 9.53 Å². The summed E-state index contributed by atoms with van der Waals surface area (Å²) in [5.41, 5.74) is 2.56. The number of amides is 1. The topological polar surface area (TPSA) is 38.3 Å². The van der Waals surface area contributed by atoms with E-state index in [9.17, 15) is 4.79 Å². The first-order valence-corrected chi connectivity index (χ1v) is 7.62. The van der Waals surface area contributed by atoms with Crippen LogP contribution in [-0.2, 0) is 0 Å². The third-order valence-electron chi connectivity index (χ3n) is 3.28. The summed E-state index contributed by atoms with van der Waals surface area (Å²) < 4.78 is 5.15. The highest BCUT2D eigenvalue weighted by atomic mass is 16.5. The number of ether oxygens (including phenoxy) is 1. The highest BCUT2D eigenvalue weighted by molar-refractivity contribution is 6.04. The Hall–Kier alpha value is -2.55. The molecule has 0 saturated heterocycles. The van der Waals surface area contributed by atoms with Crippen LogP contribution in [0.1, 0.15) is 36.7 Å². The van der Waals surface area contributed by atoms with Crippen LogP contribution in [0.2, 0.25) is 0 Å². The van der Waals surface area contributed by atoms with Crippen LogP contribution in [0.15, 0.2) is 54.6 Å². The standard InChI is InChI=1S/C20H23NO2/c1-20(2,3)13-12-15-8-10-16(11-9-15)19(22)21-17-6-5-7-18(14-17)23-4/h5-14H,1-4H3,(H,21,22). The van der Waals surface area contributed by atoms with Crippen LogP contribution in [0.4, 0.5) is 5.69 Å². The molecule has 0 aliphatic rings. The van der Waals surface area contributed by atoms with E-state index < -0.39 is 0 Å². The van der Waals surface area contributed by atoms with Crippen molar-refractivity contribution in [2.45, 2.75) is 20.8 Å². The number of carbonyl (C=O) groups is 1. The summed E-state index contributed by atoms with van der Waals surface area (Å²) in [4.78, 5) is 12.3. The number of methoxy groups -OCH3 is 1. The summed E-state index contributed by atoms with van der Waals surface area (Å²) in [6.45, 7) is 6.46. The van der Waals surface area contributed by atoms with E-state index in [1.165, 1.54) is 0 Å². The first-order valence-electron chi connectivity index (χ1n) is 7.62. The second kappa shape index (κ2) is 7.14. The molecule has 0 aromatic heterocycles. The Morgan fingerprint density at radius 1 is 1.09 bits per heavy atom. The maximum Gasteiger partial charge on any atom is 0.255 e. The van der Waals surface area contributed by atoms with Crippen LogP contribution in [0.5, 0.6) is 5.75 Å². The quantitative estimate of drug-likeness (QED) is 0.862. The van der Waals surface area contributed by atoms with Crippen LogP contribution in [-0.4, -0.2) is 13.0 Å². The highest BCUT2D eigenvalue weighted by Gasteiger charge is 2.07. The second-order valence-corrected chi connectivity index (χ2v) is 6.51. The van der Waals surface area contributed by atoms with Crippen LogP contribution in [0, 0.1) is 5.41 Å². The van der Waals surface area contributed by atoms with E-state index in [0.29, 0.717) is 17.0 Å². The van der Waals surface area contributed by atoms with Gasteiger partial charge in [-0.3, -0.25) is 4.79 Å². The Morgan fingerprint density at radius 2 is 1.78 bits per heavy atom. The number of rotatable bonds is 4. The van der Waals surface area contributed by atoms with E-state index in [-0.39, 0.29) is 11.3 Å². The number of anilines is 1. The molecule has 0 unspecified atom stereocenters. The average Bonchev–Trinajstić information content (AvgIpc) is 2.53. The smallest absolute Gasteiger partial charge is 0.255 e. The molecule has 0 atom stereocenters. The second-order valence-electron chi connectivity index (χ2n) is 6.51. The minimum Gasteiger partial charge on any atom is -0.497 e. The fourth-order valence-corrected chi connectivity index (χ4v) is 2.00. The van der Waals surface area contributed by atoms with Crippen molar-refractivity contribution in [3.05, 3.63) is 65.7 Å². The van der Waals surface area contributed by atoms with E-state index in [2.05, 4.69) is 38.2 Å². The van der Waals surface area contributed by atoms with Crippen molar-refractivity contribution in [3.63, 3.8) is 0 Å². The number of hydrogen-bond donors (Lipinski definition) is 1. The molecular weight excluding hydrogens is 286 g/mol.